The second kappa shape index (κ2) is 5.24. The van der Waals surface area contributed by atoms with E-state index in [4.69, 9.17) is 5.73 Å². The highest BCUT2D eigenvalue weighted by Gasteiger charge is 2.64. The first-order valence-electron chi connectivity index (χ1n) is 7.63. The van der Waals surface area contributed by atoms with Crippen molar-refractivity contribution in [2.24, 2.45) is 16.7 Å². The van der Waals surface area contributed by atoms with Crippen molar-refractivity contribution in [3.05, 3.63) is 23.8 Å². The summed E-state index contributed by atoms with van der Waals surface area (Å²) in [5.74, 6) is 0.549. The van der Waals surface area contributed by atoms with Crippen molar-refractivity contribution in [2.45, 2.75) is 34.6 Å². The Balaban J connectivity index is 2.01. The molecule has 0 unspecified atom stereocenters. The lowest BCUT2D eigenvalue weighted by Crippen LogP contribution is -2.22. The van der Waals surface area contributed by atoms with Crippen LogP contribution in [-0.4, -0.2) is 19.0 Å². The van der Waals surface area contributed by atoms with Gasteiger partial charge >= 0.3 is 0 Å². The molecule has 1 aromatic rings. The van der Waals surface area contributed by atoms with Gasteiger partial charge in [-0.3, -0.25) is 4.79 Å². The molecular formula is C17H27N3O. The number of nitrogens with two attached hydrogens (primary N) is 1. The second-order valence-electron chi connectivity index (χ2n) is 7.04. The standard InChI is InChI=1S/C17H27N3O/c1-6-19-15(21)11-7-8-13(12(18)9-11)20-10-14-16(2,3)17(14,4)5/h7-9,14,20H,6,10,18H2,1-5H3,(H,19,21). The van der Waals surface area contributed by atoms with Gasteiger partial charge in [-0.25, -0.2) is 0 Å². The van der Waals surface area contributed by atoms with Crippen LogP contribution in [-0.2, 0) is 0 Å². The lowest BCUT2D eigenvalue weighted by molar-refractivity contribution is 0.0956. The minimum atomic E-state index is -0.0831. The number of carbonyl (C=O) groups excluding carboxylic acids is 1. The molecule has 0 spiro atoms. The molecule has 1 aliphatic carbocycles. The number of amides is 1. The van der Waals surface area contributed by atoms with Gasteiger partial charge in [0.15, 0.2) is 0 Å². The summed E-state index contributed by atoms with van der Waals surface area (Å²) in [6.45, 7) is 12.6. The molecule has 0 atom stereocenters. The van der Waals surface area contributed by atoms with E-state index >= 15 is 0 Å². The molecule has 0 aromatic heterocycles. The largest absolute Gasteiger partial charge is 0.397 e. The summed E-state index contributed by atoms with van der Waals surface area (Å²) in [6, 6.07) is 5.44. The Labute approximate surface area is 127 Å². The molecule has 0 aliphatic heterocycles. The summed E-state index contributed by atoms with van der Waals surface area (Å²) >= 11 is 0. The minimum Gasteiger partial charge on any atom is -0.397 e. The highest BCUT2D eigenvalue weighted by atomic mass is 16.1. The smallest absolute Gasteiger partial charge is 0.251 e. The van der Waals surface area contributed by atoms with Crippen molar-refractivity contribution in [3.8, 4) is 0 Å². The van der Waals surface area contributed by atoms with Crippen LogP contribution in [0.15, 0.2) is 18.2 Å². The van der Waals surface area contributed by atoms with Crippen LogP contribution in [0.4, 0.5) is 11.4 Å². The SMILES string of the molecule is CCNC(=O)c1ccc(NCC2C(C)(C)C2(C)C)c(N)c1. The van der Waals surface area contributed by atoms with E-state index in [2.05, 4.69) is 38.3 Å². The Kier molecular flexibility index (Phi) is 3.91. The number of hydrogen-bond donors (Lipinski definition) is 3. The van der Waals surface area contributed by atoms with Gasteiger partial charge in [0.25, 0.3) is 5.91 Å². The normalized spacial score (nSPS) is 19.1. The maximum absolute atomic E-state index is 11.8. The number of rotatable bonds is 5. The van der Waals surface area contributed by atoms with Crippen molar-refractivity contribution >= 4 is 17.3 Å². The van der Waals surface area contributed by atoms with E-state index in [0.717, 1.165) is 12.2 Å². The molecule has 116 valence electrons. The van der Waals surface area contributed by atoms with E-state index in [0.29, 0.717) is 34.5 Å². The highest BCUT2D eigenvalue weighted by Crippen LogP contribution is 2.68. The van der Waals surface area contributed by atoms with Crippen LogP contribution in [0.2, 0.25) is 0 Å². The molecule has 0 radical (unpaired) electrons. The van der Waals surface area contributed by atoms with Crippen LogP contribution in [0.25, 0.3) is 0 Å². The third-order valence-electron chi connectivity index (χ3n) is 5.47. The first kappa shape index (κ1) is 15.7. The fourth-order valence-corrected chi connectivity index (χ4v) is 3.18. The second-order valence-corrected chi connectivity index (χ2v) is 7.04. The molecule has 21 heavy (non-hydrogen) atoms. The first-order chi connectivity index (χ1) is 9.71. The van der Waals surface area contributed by atoms with Crippen molar-refractivity contribution in [2.75, 3.05) is 24.1 Å². The van der Waals surface area contributed by atoms with Crippen molar-refractivity contribution < 1.29 is 4.79 Å². The van der Waals surface area contributed by atoms with Crippen LogP contribution in [0.1, 0.15) is 45.0 Å². The fourth-order valence-electron chi connectivity index (χ4n) is 3.18. The summed E-state index contributed by atoms with van der Waals surface area (Å²) in [6.07, 6.45) is 0. The van der Waals surface area contributed by atoms with Gasteiger partial charge in [0.1, 0.15) is 0 Å². The Morgan fingerprint density at radius 2 is 1.86 bits per heavy atom. The maximum Gasteiger partial charge on any atom is 0.251 e. The molecule has 1 fully saturated rings. The van der Waals surface area contributed by atoms with Gasteiger partial charge in [0.05, 0.1) is 11.4 Å². The van der Waals surface area contributed by atoms with E-state index in [1.807, 2.05) is 19.1 Å². The average Bonchev–Trinajstić information content (AvgIpc) is 2.79. The molecule has 0 heterocycles. The average molecular weight is 289 g/mol. The van der Waals surface area contributed by atoms with Crippen LogP contribution >= 0.6 is 0 Å². The summed E-state index contributed by atoms with van der Waals surface area (Å²) in [5.41, 5.74) is 8.90. The van der Waals surface area contributed by atoms with Gasteiger partial charge in [-0.15, -0.1) is 0 Å². The van der Waals surface area contributed by atoms with Gasteiger partial charge < -0.3 is 16.4 Å². The summed E-state index contributed by atoms with van der Waals surface area (Å²) < 4.78 is 0. The lowest BCUT2D eigenvalue weighted by Gasteiger charge is -2.12. The zero-order chi connectivity index (χ0) is 15.8. The van der Waals surface area contributed by atoms with Crippen molar-refractivity contribution in [1.29, 1.82) is 0 Å². The molecule has 0 bridgehead atoms. The molecule has 1 aliphatic rings. The molecule has 0 saturated heterocycles. The number of carbonyl (C=O) groups is 1. The predicted molar refractivity (Wildman–Crippen MR) is 88.4 cm³/mol. The predicted octanol–water partition coefficient (Wildman–Crippen LogP) is 3.11. The number of nitrogen functional groups attached to an aromatic ring is 1. The van der Waals surface area contributed by atoms with Gasteiger partial charge in [0, 0.05) is 18.7 Å². The number of nitrogens with one attached hydrogen (secondary N) is 2. The number of anilines is 2. The van der Waals surface area contributed by atoms with Crippen molar-refractivity contribution in [1.82, 2.24) is 5.32 Å². The van der Waals surface area contributed by atoms with Gasteiger partial charge in [-0.05, 0) is 41.9 Å². The molecule has 1 amide bonds. The van der Waals surface area contributed by atoms with Crippen LogP contribution in [0.3, 0.4) is 0 Å². The van der Waals surface area contributed by atoms with Crippen LogP contribution in [0, 0.1) is 16.7 Å². The Morgan fingerprint density at radius 1 is 1.24 bits per heavy atom. The van der Waals surface area contributed by atoms with E-state index in [1.165, 1.54) is 0 Å². The molecule has 1 aromatic carbocycles. The molecule has 4 heteroatoms. The van der Waals surface area contributed by atoms with Crippen LogP contribution in [0.5, 0.6) is 0 Å². The Hall–Kier alpha value is -1.71. The van der Waals surface area contributed by atoms with E-state index in [1.54, 1.807) is 6.07 Å². The van der Waals surface area contributed by atoms with E-state index in [9.17, 15) is 4.79 Å². The molecule has 1 saturated carbocycles. The fraction of sp³-hybridized carbons (Fsp3) is 0.588. The topological polar surface area (TPSA) is 67.2 Å². The number of hydrogen-bond acceptors (Lipinski definition) is 3. The minimum absolute atomic E-state index is 0.0831. The number of benzene rings is 1. The molecule has 4 nitrogen and oxygen atoms in total. The molecule has 2 rings (SSSR count). The third kappa shape index (κ3) is 2.71. The summed E-state index contributed by atoms with van der Waals surface area (Å²) in [5, 5.41) is 6.20. The van der Waals surface area contributed by atoms with Gasteiger partial charge in [0.2, 0.25) is 0 Å². The lowest BCUT2D eigenvalue weighted by atomic mass is 10.0. The quantitative estimate of drug-likeness (QED) is 0.730. The summed E-state index contributed by atoms with van der Waals surface area (Å²) in [7, 11) is 0. The van der Waals surface area contributed by atoms with Crippen molar-refractivity contribution in [3.63, 3.8) is 0 Å². The van der Waals surface area contributed by atoms with E-state index in [-0.39, 0.29) is 5.91 Å². The Bertz CT molecular complexity index is 535. The zero-order valence-corrected chi connectivity index (χ0v) is 13.7. The first-order valence-corrected chi connectivity index (χ1v) is 7.63. The monoisotopic (exact) mass is 289 g/mol. The summed E-state index contributed by atoms with van der Waals surface area (Å²) in [4.78, 5) is 11.8. The van der Waals surface area contributed by atoms with Crippen LogP contribution < -0.4 is 16.4 Å². The van der Waals surface area contributed by atoms with E-state index < -0.39 is 0 Å². The third-order valence-corrected chi connectivity index (χ3v) is 5.47. The molecular weight excluding hydrogens is 262 g/mol. The Morgan fingerprint density at radius 3 is 2.33 bits per heavy atom. The van der Waals surface area contributed by atoms with Gasteiger partial charge in [-0.2, -0.15) is 0 Å². The highest BCUT2D eigenvalue weighted by molar-refractivity contribution is 5.96. The molecule has 4 N–H and O–H groups in total. The maximum atomic E-state index is 11.8. The zero-order valence-electron chi connectivity index (χ0n) is 13.7. The van der Waals surface area contributed by atoms with Gasteiger partial charge in [-0.1, -0.05) is 27.7 Å².